The van der Waals surface area contributed by atoms with Gasteiger partial charge in [0.15, 0.2) is 6.23 Å². The van der Waals surface area contributed by atoms with Crippen molar-refractivity contribution in [2.45, 2.75) is 50.8 Å². The van der Waals surface area contributed by atoms with Crippen molar-refractivity contribution in [3.63, 3.8) is 0 Å². The number of benzene rings is 2. The number of nitrogens with zero attached hydrogens (tertiary/aromatic N) is 2. The van der Waals surface area contributed by atoms with E-state index in [0.29, 0.717) is 12.1 Å². The highest BCUT2D eigenvalue weighted by Gasteiger charge is 2.61. The number of ether oxygens (including phenoxy) is 2. The maximum absolute atomic E-state index is 15.7. The molecule has 0 unspecified atom stereocenters. The molecule has 3 aromatic rings. The molecule has 2 aromatic carbocycles. The highest BCUT2D eigenvalue weighted by Crippen LogP contribution is 2.53. The number of hydrogen-bond acceptors (Lipinski definition) is 6. The van der Waals surface area contributed by atoms with Crippen molar-refractivity contribution in [2.75, 3.05) is 12.4 Å². The predicted molar refractivity (Wildman–Crippen MR) is 149 cm³/mol. The summed E-state index contributed by atoms with van der Waals surface area (Å²) in [6.45, 7) is 5.88. The molecule has 1 saturated heterocycles. The van der Waals surface area contributed by atoms with E-state index >= 15 is 8.78 Å². The molecular formula is C29H28Cl2F2N4O3. The van der Waals surface area contributed by atoms with Crippen molar-refractivity contribution in [1.82, 2.24) is 10.3 Å². The molecular weight excluding hydrogens is 561 g/mol. The lowest BCUT2D eigenvalue weighted by Crippen LogP contribution is -2.44. The average Bonchev–Trinajstić information content (AvgIpc) is 3.16. The molecule has 1 amide bonds. The van der Waals surface area contributed by atoms with Crippen molar-refractivity contribution < 1.29 is 23.0 Å². The third-order valence-electron chi connectivity index (χ3n) is 6.83. The van der Waals surface area contributed by atoms with Gasteiger partial charge in [0.05, 0.1) is 29.8 Å². The lowest BCUT2D eigenvalue weighted by atomic mass is 9.63. The van der Waals surface area contributed by atoms with Gasteiger partial charge in [0.25, 0.3) is 0 Å². The number of pyridine rings is 1. The Morgan fingerprint density at radius 1 is 1.20 bits per heavy atom. The Morgan fingerprint density at radius 3 is 2.60 bits per heavy atom. The smallest absolute Gasteiger partial charge is 0.413 e. The quantitative estimate of drug-likeness (QED) is 0.316. The van der Waals surface area contributed by atoms with Crippen molar-refractivity contribution in [3.05, 3.63) is 87.5 Å². The van der Waals surface area contributed by atoms with E-state index in [1.54, 1.807) is 0 Å². The molecule has 1 aliphatic rings. The summed E-state index contributed by atoms with van der Waals surface area (Å²) in [6.07, 6.45) is -0.350. The largest absolute Gasteiger partial charge is 0.481 e. The van der Waals surface area contributed by atoms with Crippen LogP contribution >= 0.6 is 23.2 Å². The Morgan fingerprint density at radius 2 is 1.95 bits per heavy atom. The van der Waals surface area contributed by atoms with Crippen LogP contribution in [0.1, 0.15) is 44.2 Å². The van der Waals surface area contributed by atoms with E-state index in [9.17, 15) is 10.1 Å². The van der Waals surface area contributed by atoms with Gasteiger partial charge in [-0.1, -0.05) is 62.2 Å². The van der Waals surface area contributed by atoms with Crippen LogP contribution in [0.25, 0.3) is 0 Å². The first kappa shape index (κ1) is 29.5. The average molecular weight is 589 g/mol. The fourth-order valence-corrected chi connectivity index (χ4v) is 5.57. The highest BCUT2D eigenvalue weighted by molar-refractivity contribution is 6.31. The van der Waals surface area contributed by atoms with Gasteiger partial charge in [0.1, 0.15) is 17.0 Å². The minimum absolute atomic E-state index is 0.00379. The number of carbonyl (C=O) groups excluding carboxylic acids is 1. The second-order valence-corrected chi connectivity index (χ2v) is 11.6. The van der Waals surface area contributed by atoms with Crippen LogP contribution in [0, 0.1) is 28.4 Å². The van der Waals surface area contributed by atoms with Gasteiger partial charge in [-0.05, 0) is 41.7 Å². The zero-order valence-corrected chi connectivity index (χ0v) is 23.8. The van der Waals surface area contributed by atoms with Crippen LogP contribution in [-0.2, 0) is 10.2 Å². The molecule has 40 heavy (non-hydrogen) atoms. The summed E-state index contributed by atoms with van der Waals surface area (Å²) in [5, 5.41) is 16.6. The van der Waals surface area contributed by atoms with E-state index in [-0.39, 0.29) is 32.5 Å². The Hall–Kier alpha value is -3.45. The lowest BCUT2D eigenvalue weighted by Gasteiger charge is -2.37. The van der Waals surface area contributed by atoms with Crippen molar-refractivity contribution >= 4 is 35.0 Å². The SMILES string of the molecule is COc1cc(NC(=O)O[C@H]2N[C@@H](CC(C)(C)C)[C@](C#N)(c3ccc(Cl)cc3F)[C@H]2c2cccc(Cl)c2F)ccn1. The molecule has 0 aliphatic carbocycles. The Kier molecular flexibility index (Phi) is 8.55. The van der Waals surface area contributed by atoms with Crippen LogP contribution in [0.15, 0.2) is 54.7 Å². The summed E-state index contributed by atoms with van der Waals surface area (Å²) >= 11 is 12.2. The number of aromatic nitrogens is 1. The third-order valence-corrected chi connectivity index (χ3v) is 7.35. The van der Waals surface area contributed by atoms with Crippen LogP contribution in [0.3, 0.4) is 0 Å². The van der Waals surface area contributed by atoms with Gasteiger partial charge in [0.2, 0.25) is 5.88 Å². The van der Waals surface area contributed by atoms with Crippen LogP contribution < -0.4 is 15.4 Å². The van der Waals surface area contributed by atoms with Crippen LogP contribution in [0.4, 0.5) is 19.3 Å². The Labute approximate surface area is 241 Å². The van der Waals surface area contributed by atoms with E-state index in [1.807, 2.05) is 20.8 Å². The molecule has 2 heterocycles. The number of methoxy groups -OCH3 is 1. The highest BCUT2D eigenvalue weighted by atomic mass is 35.5. The van der Waals surface area contributed by atoms with Crippen molar-refractivity contribution in [1.29, 1.82) is 5.26 Å². The topological polar surface area (TPSA) is 96.3 Å². The zero-order valence-electron chi connectivity index (χ0n) is 22.3. The van der Waals surface area contributed by atoms with Crippen LogP contribution in [0.2, 0.25) is 10.0 Å². The molecule has 1 fully saturated rings. The molecule has 4 rings (SSSR count). The van der Waals surface area contributed by atoms with Crippen molar-refractivity contribution in [3.8, 4) is 11.9 Å². The molecule has 4 atom stereocenters. The number of carbonyl (C=O) groups is 1. The maximum atomic E-state index is 15.7. The fraction of sp³-hybridized carbons (Fsp3) is 0.345. The molecule has 0 radical (unpaired) electrons. The number of rotatable bonds is 6. The monoisotopic (exact) mass is 588 g/mol. The summed E-state index contributed by atoms with van der Waals surface area (Å²) in [5.41, 5.74) is -1.75. The first-order valence-electron chi connectivity index (χ1n) is 12.4. The normalized spacial score (nSPS) is 22.4. The molecule has 1 aromatic heterocycles. The second-order valence-electron chi connectivity index (χ2n) is 10.7. The molecule has 210 valence electrons. The molecule has 0 saturated carbocycles. The Balaban J connectivity index is 1.87. The number of nitriles is 1. The van der Waals surface area contributed by atoms with Gasteiger partial charge in [0, 0.05) is 28.9 Å². The second kappa shape index (κ2) is 11.6. The molecule has 0 spiro atoms. The van der Waals surface area contributed by atoms with E-state index in [0.717, 1.165) is 6.07 Å². The summed E-state index contributed by atoms with van der Waals surface area (Å²) in [7, 11) is 1.43. The number of halogens is 4. The van der Waals surface area contributed by atoms with E-state index in [1.165, 1.54) is 55.8 Å². The molecule has 2 N–H and O–H groups in total. The Bertz CT molecular complexity index is 1460. The van der Waals surface area contributed by atoms with E-state index < -0.39 is 41.3 Å². The van der Waals surface area contributed by atoms with Gasteiger partial charge >= 0.3 is 6.09 Å². The molecule has 1 aliphatic heterocycles. The molecule has 7 nitrogen and oxygen atoms in total. The summed E-state index contributed by atoms with van der Waals surface area (Å²) in [6, 6.07) is 12.9. The predicted octanol–water partition coefficient (Wildman–Crippen LogP) is 7.20. The summed E-state index contributed by atoms with van der Waals surface area (Å²) < 4.78 is 42.2. The molecule has 11 heteroatoms. The minimum Gasteiger partial charge on any atom is -0.481 e. The zero-order chi connectivity index (χ0) is 29.2. The lowest BCUT2D eigenvalue weighted by molar-refractivity contribution is 0.0851. The first-order valence-corrected chi connectivity index (χ1v) is 13.2. The van der Waals surface area contributed by atoms with Gasteiger partial charge in [-0.25, -0.2) is 18.6 Å². The van der Waals surface area contributed by atoms with Crippen molar-refractivity contribution in [2.24, 2.45) is 5.41 Å². The maximum Gasteiger partial charge on any atom is 0.413 e. The number of nitrogens with one attached hydrogen (secondary N) is 2. The standard InChI is InChI=1S/C29H28Cl2F2N4O3/c1-28(2,3)14-22-29(15-34,19-9-8-16(30)12-21(19)32)24(18-6-5-7-20(31)25(18)33)26(37-22)40-27(38)36-17-10-11-35-23(13-17)39-4/h5-13,22,24,26,37H,14H2,1-4H3,(H,35,36,38)/t22-,24-,26+,29-/m0/s1. The summed E-state index contributed by atoms with van der Waals surface area (Å²) in [5.74, 6) is -2.47. The number of anilines is 1. The third kappa shape index (κ3) is 5.85. The van der Waals surface area contributed by atoms with Gasteiger partial charge in [-0.3, -0.25) is 10.6 Å². The molecule has 0 bridgehead atoms. The number of hydrogen-bond donors (Lipinski definition) is 2. The van der Waals surface area contributed by atoms with Crippen LogP contribution in [0.5, 0.6) is 5.88 Å². The fourth-order valence-electron chi connectivity index (χ4n) is 5.23. The first-order chi connectivity index (χ1) is 18.9. The van der Waals surface area contributed by atoms with Gasteiger partial charge < -0.3 is 9.47 Å². The van der Waals surface area contributed by atoms with Gasteiger partial charge in [-0.15, -0.1) is 0 Å². The number of amides is 1. The van der Waals surface area contributed by atoms with E-state index in [2.05, 4.69) is 21.7 Å². The van der Waals surface area contributed by atoms with Crippen LogP contribution in [-0.4, -0.2) is 30.5 Å². The summed E-state index contributed by atoms with van der Waals surface area (Å²) in [4.78, 5) is 17.1. The van der Waals surface area contributed by atoms with Gasteiger partial charge in [-0.2, -0.15) is 5.26 Å². The van der Waals surface area contributed by atoms with E-state index in [4.69, 9.17) is 32.7 Å². The minimum atomic E-state index is -1.72.